The molecule has 2 atom stereocenters. The molecular formula is C18H26N2O3. The molecule has 0 saturated heterocycles. The van der Waals surface area contributed by atoms with E-state index in [2.05, 4.69) is 17.6 Å². The van der Waals surface area contributed by atoms with Gasteiger partial charge in [-0.25, -0.2) is 4.79 Å². The van der Waals surface area contributed by atoms with E-state index in [0.717, 1.165) is 12.0 Å². The molecule has 2 rings (SSSR count). The van der Waals surface area contributed by atoms with Crippen LogP contribution in [0.2, 0.25) is 0 Å². The molecule has 1 saturated carbocycles. The second-order valence-corrected chi connectivity index (χ2v) is 6.17. The quantitative estimate of drug-likeness (QED) is 0.847. The van der Waals surface area contributed by atoms with E-state index in [1.54, 1.807) is 0 Å². The van der Waals surface area contributed by atoms with Gasteiger partial charge in [-0.05, 0) is 24.3 Å². The summed E-state index contributed by atoms with van der Waals surface area (Å²) in [6.07, 6.45) is 4.45. The van der Waals surface area contributed by atoms with Crippen LogP contribution in [-0.2, 0) is 16.1 Å². The van der Waals surface area contributed by atoms with Crippen LogP contribution >= 0.6 is 0 Å². The van der Waals surface area contributed by atoms with Crippen LogP contribution in [0.5, 0.6) is 0 Å². The summed E-state index contributed by atoms with van der Waals surface area (Å²) in [6.45, 7) is 2.71. The Balaban J connectivity index is 1.58. The van der Waals surface area contributed by atoms with Crippen LogP contribution < -0.4 is 10.6 Å². The maximum Gasteiger partial charge on any atom is 0.407 e. The molecule has 126 valence electrons. The Bertz CT molecular complexity index is 504. The largest absolute Gasteiger partial charge is 0.445 e. The summed E-state index contributed by atoms with van der Waals surface area (Å²) in [7, 11) is 0. The molecule has 0 unspecified atom stereocenters. The average Bonchev–Trinajstić information content (AvgIpc) is 2.56. The molecule has 0 heterocycles. The predicted octanol–water partition coefficient (Wildman–Crippen LogP) is 3.00. The SMILES string of the molecule is C[C@@H]1CCCC[C@H]1NC(=O)CCNC(=O)OCc1ccccc1. The molecule has 5 nitrogen and oxygen atoms in total. The molecular weight excluding hydrogens is 292 g/mol. The molecule has 0 bridgehead atoms. The van der Waals surface area contributed by atoms with Crippen LogP contribution in [0.3, 0.4) is 0 Å². The zero-order chi connectivity index (χ0) is 16.5. The third kappa shape index (κ3) is 6.30. The molecule has 0 aliphatic heterocycles. The van der Waals surface area contributed by atoms with Crippen LogP contribution in [0.25, 0.3) is 0 Å². The zero-order valence-corrected chi connectivity index (χ0v) is 13.7. The van der Waals surface area contributed by atoms with Crippen molar-refractivity contribution in [1.82, 2.24) is 10.6 Å². The monoisotopic (exact) mass is 318 g/mol. The minimum atomic E-state index is -0.493. The molecule has 0 radical (unpaired) electrons. The van der Waals surface area contributed by atoms with Crippen molar-refractivity contribution in [2.45, 2.75) is 51.7 Å². The average molecular weight is 318 g/mol. The third-order valence-electron chi connectivity index (χ3n) is 4.29. The summed E-state index contributed by atoms with van der Waals surface area (Å²) < 4.78 is 5.10. The first-order valence-electron chi connectivity index (χ1n) is 8.39. The Labute approximate surface area is 137 Å². The van der Waals surface area contributed by atoms with Gasteiger partial charge in [0.15, 0.2) is 0 Å². The van der Waals surface area contributed by atoms with Crippen molar-refractivity contribution in [3.8, 4) is 0 Å². The Kier molecular flexibility index (Phi) is 6.91. The lowest BCUT2D eigenvalue weighted by Crippen LogP contribution is -2.42. The molecule has 2 N–H and O–H groups in total. The van der Waals surface area contributed by atoms with E-state index in [4.69, 9.17) is 4.74 Å². The Morgan fingerprint density at radius 2 is 1.91 bits per heavy atom. The lowest BCUT2D eigenvalue weighted by Gasteiger charge is -2.29. The van der Waals surface area contributed by atoms with Gasteiger partial charge in [0.05, 0.1) is 0 Å². The highest BCUT2D eigenvalue weighted by atomic mass is 16.5. The Morgan fingerprint density at radius 3 is 2.65 bits per heavy atom. The molecule has 2 amide bonds. The van der Waals surface area contributed by atoms with E-state index >= 15 is 0 Å². The van der Waals surface area contributed by atoms with E-state index in [1.165, 1.54) is 19.3 Å². The van der Waals surface area contributed by atoms with E-state index in [0.29, 0.717) is 12.5 Å². The molecule has 23 heavy (non-hydrogen) atoms. The van der Waals surface area contributed by atoms with E-state index < -0.39 is 6.09 Å². The van der Waals surface area contributed by atoms with Gasteiger partial charge in [0.25, 0.3) is 0 Å². The fraction of sp³-hybridized carbons (Fsp3) is 0.556. The number of alkyl carbamates (subject to hydrolysis) is 1. The summed E-state index contributed by atoms with van der Waals surface area (Å²) in [5.74, 6) is 0.531. The van der Waals surface area contributed by atoms with Gasteiger partial charge in [-0.15, -0.1) is 0 Å². The predicted molar refractivity (Wildman–Crippen MR) is 88.8 cm³/mol. The van der Waals surface area contributed by atoms with Crippen molar-refractivity contribution in [2.75, 3.05) is 6.54 Å². The lowest BCUT2D eigenvalue weighted by molar-refractivity contribution is -0.122. The van der Waals surface area contributed by atoms with Gasteiger partial charge in [0.2, 0.25) is 5.91 Å². The van der Waals surface area contributed by atoms with Crippen molar-refractivity contribution < 1.29 is 14.3 Å². The smallest absolute Gasteiger partial charge is 0.407 e. The number of ether oxygens (including phenoxy) is 1. The number of carbonyl (C=O) groups excluding carboxylic acids is 2. The summed E-state index contributed by atoms with van der Waals surface area (Å²) in [5, 5.41) is 5.68. The van der Waals surface area contributed by atoms with Gasteiger partial charge in [-0.3, -0.25) is 4.79 Å². The molecule has 1 aromatic rings. The molecule has 1 aromatic carbocycles. The second kappa shape index (κ2) is 9.18. The number of carbonyl (C=O) groups is 2. The second-order valence-electron chi connectivity index (χ2n) is 6.17. The van der Waals surface area contributed by atoms with E-state index in [-0.39, 0.29) is 25.0 Å². The van der Waals surface area contributed by atoms with Crippen LogP contribution in [-0.4, -0.2) is 24.6 Å². The number of hydrogen-bond donors (Lipinski definition) is 2. The summed E-state index contributed by atoms with van der Waals surface area (Å²) in [6, 6.07) is 9.77. The summed E-state index contributed by atoms with van der Waals surface area (Å²) in [5.41, 5.74) is 0.937. The van der Waals surface area contributed by atoms with Crippen molar-refractivity contribution in [1.29, 1.82) is 0 Å². The minimum Gasteiger partial charge on any atom is -0.445 e. The van der Waals surface area contributed by atoms with Gasteiger partial charge in [-0.1, -0.05) is 50.1 Å². The fourth-order valence-corrected chi connectivity index (χ4v) is 2.86. The van der Waals surface area contributed by atoms with Crippen molar-refractivity contribution >= 4 is 12.0 Å². The first-order chi connectivity index (χ1) is 11.1. The first kappa shape index (κ1) is 17.3. The fourth-order valence-electron chi connectivity index (χ4n) is 2.86. The van der Waals surface area contributed by atoms with Crippen LogP contribution in [0.4, 0.5) is 4.79 Å². The lowest BCUT2D eigenvalue weighted by atomic mass is 9.86. The highest BCUT2D eigenvalue weighted by Gasteiger charge is 2.22. The van der Waals surface area contributed by atoms with Crippen LogP contribution in [0.1, 0.15) is 44.6 Å². The van der Waals surface area contributed by atoms with Crippen molar-refractivity contribution in [3.05, 3.63) is 35.9 Å². The number of hydrogen-bond acceptors (Lipinski definition) is 3. The van der Waals surface area contributed by atoms with Crippen LogP contribution in [0, 0.1) is 5.92 Å². The van der Waals surface area contributed by atoms with E-state index in [1.807, 2.05) is 30.3 Å². The zero-order valence-electron chi connectivity index (χ0n) is 13.7. The molecule has 5 heteroatoms. The van der Waals surface area contributed by atoms with Gasteiger partial charge in [-0.2, -0.15) is 0 Å². The third-order valence-corrected chi connectivity index (χ3v) is 4.29. The number of rotatable bonds is 6. The molecule has 1 fully saturated rings. The standard InChI is InChI=1S/C18H26N2O3/c1-14-7-5-6-10-16(14)20-17(21)11-12-19-18(22)23-13-15-8-3-2-4-9-15/h2-4,8-9,14,16H,5-7,10-13H2,1H3,(H,19,22)(H,20,21)/t14-,16-/m1/s1. The maximum absolute atomic E-state index is 11.9. The van der Waals surface area contributed by atoms with Gasteiger partial charge in [0, 0.05) is 19.0 Å². The van der Waals surface area contributed by atoms with Gasteiger partial charge in [0.1, 0.15) is 6.61 Å². The molecule has 0 aromatic heterocycles. The molecule has 1 aliphatic carbocycles. The number of amides is 2. The normalized spacial score (nSPS) is 20.6. The van der Waals surface area contributed by atoms with Crippen molar-refractivity contribution in [3.63, 3.8) is 0 Å². The number of nitrogens with one attached hydrogen (secondary N) is 2. The highest BCUT2D eigenvalue weighted by molar-refractivity contribution is 5.77. The first-order valence-corrected chi connectivity index (χ1v) is 8.39. The van der Waals surface area contributed by atoms with E-state index in [9.17, 15) is 9.59 Å². The number of benzene rings is 1. The molecule has 1 aliphatic rings. The molecule has 0 spiro atoms. The minimum absolute atomic E-state index is 0.00731. The van der Waals surface area contributed by atoms with Gasteiger partial charge >= 0.3 is 6.09 Å². The van der Waals surface area contributed by atoms with Gasteiger partial charge < -0.3 is 15.4 Å². The highest BCUT2D eigenvalue weighted by Crippen LogP contribution is 2.23. The summed E-state index contributed by atoms with van der Waals surface area (Å²) in [4.78, 5) is 23.5. The van der Waals surface area contributed by atoms with Crippen LogP contribution in [0.15, 0.2) is 30.3 Å². The Morgan fingerprint density at radius 1 is 1.17 bits per heavy atom. The topological polar surface area (TPSA) is 67.4 Å². The van der Waals surface area contributed by atoms with Crippen molar-refractivity contribution in [2.24, 2.45) is 5.92 Å². The summed E-state index contributed by atoms with van der Waals surface area (Å²) >= 11 is 0. The maximum atomic E-state index is 11.9. The Hall–Kier alpha value is -2.04.